The monoisotopic (exact) mass is 449 g/mol. The van der Waals surface area contributed by atoms with Crippen LogP contribution in [-0.4, -0.2) is 40.6 Å². The summed E-state index contributed by atoms with van der Waals surface area (Å²) in [7, 11) is 0. The number of nitrogens with one attached hydrogen (secondary N) is 1. The average Bonchev–Trinajstić information content (AvgIpc) is 3.53. The van der Waals surface area contributed by atoms with Crippen LogP contribution in [0.1, 0.15) is 24.2 Å². The number of urea groups is 1. The lowest BCUT2D eigenvalue weighted by atomic mass is 10.2. The maximum absolute atomic E-state index is 13.3. The van der Waals surface area contributed by atoms with Crippen LogP contribution in [0.4, 0.5) is 10.5 Å². The van der Waals surface area contributed by atoms with Gasteiger partial charge in [0.25, 0.3) is 0 Å². The Balaban J connectivity index is 1.45. The molecule has 1 aromatic heterocycles. The number of hydrogen-bond donors (Lipinski definition) is 1. The second-order valence-electron chi connectivity index (χ2n) is 7.83. The zero-order valence-electron chi connectivity index (χ0n) is 18.1. The second-order valence-corrected chi connectivity index (χ2v) is 8.71. The SMILES string of the molecule is CSc1ccc(NC(=O)N(CC(=O)N(Cc2ccccc2)Cc2ccco2)C2CC2)cc1. The van der Waals surface area contributed by atoms with Gasteiger partial charge in [-0.3, -0.25) is 4.79 Å². The molecule has 0 saturated heterocycles. The van der Waals surface area contributed by atoms with Crippen molar-refractivity contribution in [2.75, 3.05) is 18.1 Å². The molecule has 1 saturated carbocycles. The fourth-order valence-electron chi connectivity index (χ4n) is 3.50. The molecular formula is C25H27N3O3S. The Morgan fingerprint density at radius 3 is 2.38 bits per heavy atom. The van der Waals surface area contributed by atoms with Gasteiger partial charge in [0.05, 0.1) is 12.8 Å². The molecule has 3 aromatic rings. The Morgan fingerprint density at radius 2 is 1.75 bits per heavy atom. The van der Waals surface area contributed by atoms with E-state index in [0.29, 0.717) is 18.8 Å². The smallest absolute Gasteiger partial charge is 0.322 e. The van der Waals surface area contributed by atoms with Gasteiger partial charge in [0, 0.05) is 23.2 Å². The van der Waals surface area contributed by atoms with Crippen molar-refractivity contribution in [3.8, 4) is 0 Å². The summed E-state index contributed by atoms with van der Waals surface area (Å²) in [6.45, 7) is 0.848. The molecule has 0 spiro atoms. The molecule has 7 heteroatoms. The summed E-state index contributed by atoms with van der Waals surface area (Å²) in [6, 6.07) is 21.1. The molecule has 1 N–H and O–H groups in total. The van der Waals surface area contributed by atoms with E-state index in [1.807, 2.05) is 73.0 Å². The van der Waals surface area contributed by atoms with Gasteiger partial charge >= 0.3 is 6.03 Å². The number of carbonyl (C=O) groups excluding carboxylic acids is 2. The van der Waals surface area contributed by atoms with Crippen LogP contribution in [-0.2, 0) is 17.9 Å². The number of rotatable bonds is 9. The highest BCUT2D eigenvalue weighted by Gasteiger charge is 2.35. The maximum Gasteiger partial charge on any atom is 0.322 e. The summed E-state index contributed by atoms with van der Waals surface area (Å²) in [6.07, 6.45) is 5.46. The quantitative estimate of drug-likeness (QED) is 0.455. The predicted octanol–water partition coefficient (Wildman–Crippen LogP) is 5.23. The lowest BCUT2D eigenvalue weighted by molar-refractivity contribution is -0.133. The third kappa shape index (κ3) is 5.95. The van der Waals surface area contributed by atoms with Gasteiger partial charge in [0.2, 0.25) is 5.91 Å². The molecule has 1 fully saturated rings. The lowest BCUT2D eigenvalue weighted by Crippen LogP contribution is -2.45. The van der Waals surface area contributed by atoms with E-state index in [0.717, 1.165) is 29.0 Å². The Hall–Kier alpha value is -3.19. The number of benzene rings is 2. The zero-order chi connectivity index (χ0) is 22.3. The molecule has 3 amide bonds. The molecular weight excluding hydrogens is 422 g/mol. The van der Waals surface area contributed by atoms with Crippen molar-refractivity contribution in [3.05, 3.63) is 84.3 Å². The van der Waals surface area contributed by atoms with Gasteiger partial charge < -0.3 is 19.5 Å². The highest BCUT2D eigenvalue weighted by atomic mass is 32.2. The normalized spacial score (nSPS) is 12.9. The highest BCUT2D eigenvalue weighted by molar-refractivity contribution is 7.98. The fraction of sp³-hybridized carbons (Fsp3) is 0.280. The van der Waals surface area contributed by atoms with Crippen molar-refractivity contribution < 1.29 is 14.0 Å². The van der Waals surface area contributed by atoms with Gasteiger partial charge in [0.15, 0.2) is 0 Å². The Bertz CT molecular complexity index is 1020. The first-order valence-electron chi connectivity index (χ1n) is 10.7. The van der Waals surface area contributed by atoms with Crippen molar-refractivity contribution in [1.29, 1.82) is 0 Å². The number of carbonyl (C=O) groups is 2. The summed E-state index contributed by atoms with van der Waals surface area (Å²) < 4.78 is 5.47. The molecule has 0 atom stereocenters. The van der Waals surface area contributed by atoms with Crippen LogP contribution in [0.25, 0.3) is 0 Å². The Labute approximate surface area is 192 Å². The molecule has 0 radical (unpaired) electrons. The van der Waals surface area contributed by atoms with Gasteiger partial charge in [-0.25, -0.2) is 4.79 Å². The van der Waals surface area contributed by atoms with E-state index in [2.05, 4.69) is 5.32 Å². The van der Waals surface area contributed by atoms with Crippen LogP contribution in [0.2, 0.25) is 0 Å². The molecule has 166 valence electrons. The van der Waals surface area contributed by atoms with E-state index in [9.17, 15) is 9.59 Å². The lowest BCUT2D eigenvalue weighted by Gasteiger charge is -2.27. The molecule has 1 aliphatic carbocycles. The predicted molar refractivity (Wildman–Crippen MR) is 126 cm³/mol. The molecule has 0 aliphatic heterocycles. The first-order valence-corrected chi connectivity index (χ1v) is 11.9. The number of furan rings is 1. The van der Waals surface area contributed by atoms with Crippen molar-refractivity contribution in [1.82, 2.24) is 9.80 Å². The van der Waals surface area contributed by atoms with Crippen LogP contribution in [0.3, 0.4) is 0 Å². The van der Waals surface area contributed by atoms with Crippen molar-refractivity contribution >= 4 is 29.4 Å². The van der Waals surface area contributed by atoms with Crippen molar-refractivity contribution in [2.24, 2.45) is 0 Å². The van der Waals surface area contributed by atoms with Crippen LogP contribution < -0.4 is 5.32 Å². The summed E-state index contributed by atoms with van der Waals surface area (Å²) >= 11 is 1.65. The van der Waals surface area contributed by atoms with Crippen LogP contribution >= 0.6 is 11.8 Å². The van der Waals surface area contributed by atoms with E-state index in [1.54, 1.807) is 27.8 Å². The van der Waals surface area contributed by atoms with E-state index in [4.69, 9.17) is 4.42 Å². The number of nitrogens with zero attached hydrogens (tertiary/aromatic N) is 2. The van der Waals surface area contributed by atoms with Crippen LogP contribution in [0, 0.1) is 0 Å². The van der Waals surface area contributed by atoms with Gasteiger partial charge in [-0.15, -0.1) is 11.8 Å². The molecule has 0 bridgehead atoms. The first kappa shape index (κ1) is 22.0. The summed E-state index contributed by atoms with van der Waals surface area (Å²) in [5.74, 6) is 0.607. The molecule has 4 rings (SSSR count). The number of hydrogen-bond acceptors (Lipinski definition) is 4. The van der Waals surface area contributed by atoms with Gasteiger partial charge in [-0.05, 0) is 61.1 Å². The minimum atomic E-state index is -0.240. The van der Waals surface area contributed by atoms with Crippen molar-refractivity contribution in [2.45, 2.75) is 36.9 Å². The van der Waals surface area contributed by atoms with E-state index >= 15 is 0 Å². The Kier molecular flexibility index (Phi) is 7.17. The first-order chi connectivity index (χ1) is 15.6. The third-order valence-electron chi connectivity index (χ3n) is 5.39. The largest absolute Gasteiger partial charge is 0.467 e. The topological polar surface area (TPSA) is 65.8 Å². The second kappa shape index (κ2) is 10.4. The molecule has 6 nitrogen and oxygen atoms in total. The summed E-state index contributed by atoms with van der Waals surface area (Å²) in [5, 5.41) is 2.94. The molecule has 1 heterocycles. The van der Waals surface area contributed by atoms with Crippen LogP contribution in [0.15, 0.2) is 82.3 Å². The van der Waals surface area contributed by atoms with E-state index in [1.165, 1.54) is 0 Å². The summed E-state index contributed by atoms with van der Waals surface area (Å²) in [4.78, 5) is 30.8. The molecule has 0 unspecified atom stereocenters. The minimum absolute atomic E-state index is 0.0347. The fourth-order valence-corrected chi connectivity index (χ4v) is 3.90. The minimum Gasteiger partial charge on any atom is -0.467 e. The Morgan fingerprint density at radius 1 is 1.00 bits per heavy atom. The summed E-state index contributed by atoms with van der Waals surface area (Å²) in [5.41, 5.74) is 1.76. The molecule has 2 aromatic carbocycles. The number of amides is 3. The third-order valence-corrected chi connectivity index (χ3v) is 6.13. The standard InChI is InChI=1S/C25H27N3O3S/c1-32-23-13-9-20(10-14-23)26-25(30)28(21-11-12-21)18-24(29)27(17-22-8-5-15-31-22)16-19-6-3-2-4-7-19/h2-10,13-15,21H,11-12,16-18H2,1H3,(H,26,30). The average molecular weight is 450 g/mol. The maximum atomic E-state index is 13.3. The van der Waals surface area contributed by atoms with E-state index in [-0.39, 0.29) is 24.5 Å². The number of thioether (sulfide) groups is 1. The van der Waals surface area contributed by atoms with E-state index < -0.39 is 0 Å². The molecule has 32 heavy (non-hydrogen) atoms. The van der Waals surface area contributed by atoms with Crippen LogP contribution in [0.5, 0.6) is 0 Å². The zero-order valence-corrected chi connectivity index (χ0v) is 18.9. The van der Waals surface area contributed by atoms with Gasteiger partial charge in [-0.2, -0.15) is 0 Å². The highest BCUT2D eigenvalue weighted by Crippen LogP contribution is 2.28. The van der Waals surface area contributed by atoms with Gasteiger partial charge in [-0.1, -0.05) is 30.3 Å². The molecule has 1 aliphatic rings. The van der Waals surface area contributed by atoms with Crippen molar-refractivity contribution in [3.63, 3.8) is 0 Å². The van der Waals surface area contributed by atoms with Gasteiger partial charge in [0.1, 0.15) is 12.3 Å². The number of anilines is 1.